The number of anilines is 6. The molecule has 0 spiro atoms. The number of fused-ring (bicyclic) bond motifs is 3. The van der Waals surface area contributed by atoms with Crippen LogP contribution in [0.2, 0.25) is 0 Å². The van der Waals surface area contributed by atoms with Gasteiger partial charge in [-0.15, -0.1) is 0 Å². The molecule has 0 amide bonds. The fourth-order valence-electron chi connectivity index (χ4n) is 10.8. The Balaban J connectivity index is 0.000000187. The van der Waals surface area contributed by atoms with Crippen LogP contribution >= 0.6 is 44.7 Å². The van der Waals surface area contributed by atoms with Crippen molar-refractivity contribution in [3.8, 4) is 56.0 Å². The van der Waals surface area contributed by atoms with Gasteiger partial charge in [0.05, 0.1) is 63.2 Å². The molecule has 0 atom stereocenters. The largest absolute Gasteiger partial charge is 0.378 e. The van der Waals surface area contributed by atoms with Gasteiger partial charge >= 0.3 is 24.8 Å². The predicted octanol–water partition coefficient (Wildman–Crippen LogP) is 18.7. The van der Waals surface area contributed by atoms with Gasteiger partial charge in [0.1, 0.15) is 5.82 Å². The topological polar surface area (TPSA) is 193 Å². The third-order valence-electron chi connectivity index (χ3n) is 16.0. The monoisotopic (exact) mass is 1530 g/mol. The van der Waals surface area contributed by atoms with Crippen molar-refractivity contribution in [1.82, 2.24) is 29.9 Å². The first-order chi connectivity index (χ1) is 49.7. The molecular formula is C82H84BBr2N16O2S. The van der Waals surface area contributed by atoms with Crippen molar-refractivity contribution in [1.29, 1.82) is 0 Å². The molecule has 0 unspecified atom stereocenters. The van der Waals surface area contributed by atoms with Gasteiger partial charge in [0.25, 0.3) is 11.1 Å². The van der Waals surface area contributed by atoms with E-state index in [1.54, 1.807) is 36.7 Å². The van der Waals surface area contributed by atoms with Crippen molar-refractivity contribution in [2.24, 2.45) is 10.0 Å². The van der Waals surface area contributed by atoms with E-state index in [2.05, 4.69) is 199 Å². The molecule has 13 rings (SSSR count). The second-order valence-electron chi connectivity index (χ2n) is 24.2. The van der Waals surface area contributed by atoms with Gasteiger partial charge in [-0.1, -0.05) is 104 Å². The number of nitrogens with zero attached hydrogens (tertiary/aromatic N) is 12. The SMILES string of the molecule is C.CN(C)c1ccc(-c2cc3ncccc3c(=O)[nH]2)cc1-c1ccccc1.CN(C)c1ccc(-c2cc3ncccc3c(=O)[nH]2)cc1Br.CN(C)c1ccc(-c2cc3ncccc3c(NCCCN)n2)cc1-c1ccccc1.[B]=NS.[C-]#[N+]c1ccc(N(C)C)c(Br)c1.[C-]#[N+]c1ccc(N(C)C)cc1. The Labute approximate surface area is 632 Å². The van der Waals surface area contributed by atoms with Crippen LogP contribution in [0.15, 0.2) is 254 Å². The molecule has 527 valence electrons. The van der Waals surface area contributed by atoms with Crippen LogP contribution in [0.1, 0.15) is 13.8 Å². The molecule has 0 aliphatic rings. The van der Waals surface area contributed by atoms with Crippen molar-refractivity contribution >= 4 is 131 Å². The van der Waals surface area contributed by atoms with Crippen LogP contribution in [-0.2, 0) is 0 Å². The van der Waals surface area contributed by atoms with Crippen LogP contribution in [0.3, 0.4) is 0 Å². The van der Waals surface area contributed by atoms with E-state index in [-0.39, 0.29) is 18.5 Å². The Morgan fingerprint density at radius 1 is 0.481 bits per heavy atom. The van der Waals surface area contributed by atoms with E-state index in [1.807, 2.05) is 186 Å². The molecule has 7 aromatic carbocycles. The number of aromatic nitrogens is 6. The van der Waals surface area contributed by atoms with E-state index in [1.165, 1.54) is 16.8 Å². The van der Waals surface area contributed by atoms with Gasteiger partial charge in [-0.05, 0) is 182 Å². The number of nitrogens with two attached hydrogens (primary N) is 1. The summed E-state index contributed by atoms with van der Waals surface area (Å²) in [5.41, 5.74) is 24.7. The van der Waals surface area contributed by atoms with Gasteiger partial charge in [0.2, 0.25) is 0 Å². The average Bonchev–Trinajstić information content (AvgIpc) is 0.796. The van der Waals surface area contributed by atoms with Crippen LogP contribution in [0.5, 0.6) is 0 Å². The molecule has 104 heavy (non-hydrogen) atoms. The van der Waals surface area contributed by atoms with Crippen LogP contribution < -0.4 is 46.7 Å². The normalized spacial score (nSPS) is 10.1. The van der Waals surface area contributed by atoms with E-state index in [0.717, 1.165) is 106 Å². The molecule has 0 saturated heterocycles. The first-order valence-corrected chi connectivity index (χ1v) is 34.6. The summed E-state index contributed by atoms with van der Waals surface area (Å²) in [7, 11) is 24.4. The number of H-pyrrole nitrogens is 2. The maximum absolute atomic E-state index is 12.4. The summed E-state index contributed by atoms with van der Waals surface area (Å²) in [6.07, 6.45) is 6.11. The zero-order chi connectivity index (χ0) is 74.1. The molecule has 0 saturated carbocycles. The van der Waals surface area contributed by atoms with Gasteiger partial charge in [-0.2, -0.15) is 0 Å². The zero-order valence-corrected chi connectivity index (χ0v) is 63.2. The molecule has 13 aromatic rings. The summed E-state index contributed by atoms with van der Waals surface area (Å²) < 4.78 is 4.63. The molecule has 6 heterocycles. The van der Waals surface area contributed by atoms with Gasteiger partial charge in [-0.3, -0.25) is 24.5 Å². The summed E-state index contributed by atoms with van der Waals surface area (Å²) >= 11 is 10.2. The van der Waals surface area contributed by atoms with Crippen molar-refractivity contribution in [3.05, 3.63) is 283 Å². The third kappa shape index (κ3) is 21.4. The van der Waals surface area contributed by atoms with Gasteiger partial charge in [0.15, 0.2) is 11.4 Å². The number of halogens is 2. The van der Waals surface area contributed by atoms with E-state index < -0.39 is 0 Å². The average molecular weight is 1530 g/mol. The van der Waals surface area contributed by atoms with Crippen molar-refractivity contribution in [2.45, 2.75) is 13.8 Å². The number of aromatic amines is 2. The summed E-state index contributed by atoms with van der Waals surface area (Å²) in [5, 5.41) is 5.66. The van der Waals surface area contributed by atoms with E-state index in [4.69, 9.17) is 23.9 Å². The zero-order valence-electron chi connectivity index (χ0n) is 59.1. The number of benzene rings is 7. The van der Waals surface area contributed by atoms with Gasteiger partial charge in [-0.25, -0.2) is 14.7 Å². The number of hydrogen-bond donors (Lipinski definition) is 5. The number of hydrogen-bond acceptors (Lipinski definition) is 15. The van der Waals surface area contributed by atoms with Crippen LogP contribution in [-0.4, -0.2) is 121 Å². The van der Waals surface area contributed by atoms with E-state index in [0.29, 0.717) is 39.7 Å². The Hall–Kier alpha value is -11.3. The predicted molar refractivity (Wildman–Crippen MR) is 450 cm³/mol. The Bertz CT molecular complexity index is 5220. The van der Waals surface area contributed by atoms with E-state index in [9.17, 15) is 9.59 Å². The number of thiol groups is 1. The van der Waals surface area contributed by atoms with Crippen molar-refractivity contribution in [2.75, 3.05) is 113 Å². The minimum Gasteiger partial charge on any atom is -0.378 e. The third-order valence-corrected chi connectivity index (χ3v) is 17.3. The summed E-state index contributed by atoms with van der Waals surface area (Å²) in [5.74, 6) is 0.849. The van der Waals surface area contributed by atoms with Gasteiger partial charge < -0.3 is 45.5 Å². The number of pyridine rings is 6. The standard InChI is InChI=1S/C25H27N5.C22H19N3O.C16H14BrN3O.C9H9BrN2.C9H10N2.CH4.BHNS/c1-30(2)24-12-11-19(16-21(24)18-8-4-3-5-9-18)22-17-23-20(10-6-14-27-23)25(29-22)28-15-7-13-26;1-25(2)21-11-10-16(13-18(21)15-7-4-3-5-8-15)19-14-20-17(22(26)24-19)9-6-12-23-20;1-20(2)15-6-5-10(8-12(15)17)13-9-14-11(16(21)19-13)4-3-7-18-14;1-11-7-4-5-9(12(2)3)8(10)6-7;1-10-8-4-6-9(7-5-8)11(2)3;;1-2-3/h3-6,8-12,14,16-17H,7,13,15,26H2,1-2H3,(H,28,29);3-14H,1-2H3,(H,24,26);3-9H,1-2H3,(H,19,21);4-6H,2-3H3;4-7H,2-3H3;1H4;3H. The molecule has 0 bridgehead atoms. The number of nitrogens with one attached hydrogen (secondary N) is 3. The summed E-state index contributed by atoms with van der Waals surface area (Å²) in [6, 6.07) is 69.5. The first-order valence-electron chi connectivity index (χ1n) is 32.6. The fourth-order valence-corrected chi connectivity index (χ4v) is 12.3. The van der Waals surface area contributed by atoms with Crippen molar-refractivity contribution in [3.63, 3.8) is 0 Å². The summed E-state index contributed by atoms with van der Waals surface area (Å²) in [6.45, 7) is 15.0. The quantitative estimate of drug-likeness (QED) is 0.0299. The molecule has 18 nitrogen and oxygen atoms in total. The smallest absolute Gasteiger partial charge is 0.188 e. The second-order valence-corrected chi connectivity index (χ2v) is 26.2. The Morgan fingerprint density at radius 3 is 1.32 bits per heavy atom. The molecule has 1 radical (unpaired) electrons. The molecule has 0 fully saturated rings. The molecule has 6 aromatic heterocycles. The van der Waals surface area contributed by atoms with E-state index >= 15 is 0 Å². The Morgan fingerprint density at radius 2 is 0.885 bits per heavy atom. The minimum absolute atomic E-state index is 0. The second kappa shape index (κ2) is 39.2. The van der Waals surface area contributed by atoms with Crippen LogP contribution in [0, 0.1) is 13.1 Å². The van der Waals surface area contributed by atoms with Gasteiger partial charge in [0, 0.05) is 149 Å². The fraction of sp³-hybridized carbons (Fsp3) is 0.171. The molecule has 5 N–H and O–H groups in total. The maximum Gasteiger partial charge on any atom is 0.188 e. The first kappa shape index (κ1) is 80.1. The molecular weight excluding hydrogens is 1440 g/mol. The molecule has 0 aliphatic heterocycles. The maximum atomic E-state index is 12.4. The van der Waals surface area contributed by atoms with Crippen molar-refractivity contribution < 1.29 is 0 Å². The Kier molecular flexibility index (Phi) is 30.2. The summed E-state index contributed by atoms with van der Waals surface area (Å²) in [4.78, 5) is 65.4. The molecule has 0 aliphatic carbocycles. The van der Waals surface area contributed by atoms with Crippen LogP contribution in [0.4, 0.5) is 45.6 Å². The minimum atomic E-state index is -0.122. The number of rotatable bonds is 14. The van der Waals surface area contributed by atoms with Crippen LogP contribution in [0.25, 0.3) is 98.4 Å². The molecule has 22 heteroatoms.